The molecule has 1 aromatic rings. The summed E-state index contributed by atoms with van der Waals surface area (Å²) in [6, 6.07) is 5.14. The Hall–Kier alpha value is -1.75. The second kappa shape index (κ2) is 5.93. The fourth-order valence-corrected chi connectivity index (χ4v) is 2.08. The van der Waals surface area contributed by atoms with E-state index in [-0.39, 0.29) is 31.3 Å². The zero-order valence-corrected chi connectivity index (χ0v) is 11.2. The number of amides is 1. The summed E-state index contributed by atoms with van der Waals surface area (Å²) in [5.74, 6) is 1.30. The maximum Gasteiger partial charge on any atom is 0.251 e. The summed E-state index contributed by atoms with van der Waals surface area (Å²) < 4.78 is 10.4. The number of carbonyl (C=O) groups excluding carboxylic acids is 1. The molecule has 5 nitrogen and oxygen atoms in total. The molecule has 0 aliphatic carbocycles. The second-order valence-corrected chi connectivity index (χ2v) is 4.97. The molecule has 1 aromatic carbocycles. The van der Waals surface area contributed by atoms with Gasteiger partial charge in [-0.2, -0.15) is 0 Å². The molecule has 1 aliphatic rings. The monoisotopic (exact) mass is 265 g/mol. The first kappa shape index (κ1) is 13.7. The summed E-state index contributed by atoms with van der Waals surface area (Å²) in [5.41, 5.74) is 0.549. The molecular weight excluding hydrogens is 246 g/mol. The molecule has 1 amide bonds. The number of aliphatic hydroxyl groups is 1. The zero-order chi connectivity index (χ0) is 13.8. The van der Waals surface area contributed by atoms with Crippen LogP contribution in [0.4, 0.5) is 0 Å². The maximum absolute atomic E-state index is 12.1. The maximum atomic E-state index is 12.1. The van der Waals surface area contributed by atoms with Gasteiger partial charge >= 0.3 is 0 Å². The lowest BCUT2D eigenvalue weighted by Gasteiger charge is -2.17. The van der Waals surface area contributed by atoms with Crippen molar-refractivity contribution in [1.29, 1.82) is 0 Å². The molecule has 19 heavy (non-hydrogen) atoms. The summed E-state index contributed by atoms with van der Waals surface area (Å²) in [4.78, 5) is 12.1. The lowest BCUT2D eigenvalue weighted by molar-refractivity contribution is 0.0931. The van der Waals surface area contributed by atoms with Gasteiger partial charge in [0.05, 0.1) is 0 Å². The molecule has 2 unspecified atom stereocenters. The number of nitrogens with one attached hydrogen (secondary N) is 1. The van der Waals surface area contributed by atoms with Crippen LogP contribution in [0.25, 0.3) is 0 Å². The highest BCUT2D eigenvalue weighted by atomic mass is 16.7. The highest BCUT2D eigenvalue weighted by Crippen LogP contribution is 2.32. The van der Waals surface area contributed by atoms with E-state index in [1.807, 2.05) is 13.8 Å². The molecule has 1 aliphatic heterocycles. The van der Waals surface area contributed by atoms with E-state index in [9.17, 15) is 4.79 Å². The number of benzene rings is 1. The van der Waals surface area contributed by atoms with E-state index in [0.717, 1.165) is 6.42 Å². The first-order chi connectivity index (χ1) is 9.10. The molecule has 2 atom stereocenters. The first-order valence-electron chi connectivity index (χ1n) is 6.41. The Balaban J connectivity index is 1.96. The van der Waals surface area contributed by atoms with Crippen LogP contribution in [0.2, 0.25) is 0 Å². The molecule has 5 heteroatoms. The number of hydrogen-bond acceptors (Lipinski definition) is 4. The van der Waals surface area contributed by atoms with Crippen molar-refractivity contribution in [2.45, 2.75) is 26.3 Å². The second-order valence-electron chi connectivity index (χ2n) is 4.97. The fraction of sp³-hybridized carbons (Fsp3) is 0.500. The summed E-state index contributed by atoms with van der Waals surface area (Å²) in [7, 11) is 0. The van der Waals surface area contributed by atoms with Crippen LogP contribution in [0.15, 0.2) is 18.2 Å². The van der Waals surface area contributed by atoms with E-state index in [0.29, 0.717) is 17.1 Å². The lowest BCUT2D eigenvalue weighted by Crippen LogP contribution is -2.34. The summed E-state index contributed by atoms with van der Waals surface area (Å²) in [6.07, 6.45) is 0.743. The quantitative estimate of drug-likeness (QED) is 0.847. The first-order valence-corrected chi connectivity index (χ1v) is 6.41. The summed E-state index contributed by atoms with van der Waals surface area (Å²) >= 11 is 0. The smallest absolute Gasteiger partial charge is 0.251 e. The predicted octanol–water partition coefficient (Wildman–Crippen LogP) is 1.55. The Kier molecular flexibility index (Phi) is 4.27. The minimum Gasteiger partial charge on any atom is -0.454 e. The van der Waals surface area contributed by atoms with Gasteiger partial charge in [-0.15, -0.1) is 0 Å². The van der Waals surface area contributed by atoms with Crippen molar-refractivity contribution < 1.29 is 19.4 Å². The number of hydrogen-bond donors (Lipinski definition) is 2. The molecule has 1 heterocycles. The molecule has 0 fully saturated rings. The fourth-order valence-electron chi connectivity index (χ4n) is 2.08. The van der Waals surface area contributed by atoms with Gasteiger partial charge in [-0.25, -0.2) is 0 Å². The Morgan fingerprint density at radius 2 is 2.11 bits per heavy atom. The van der Waals surface area contributed by atoms with Crippen molar-refractivity contribution in [2.24, 2.45) is 5.92 Å². The Morgan fingerprint density at radius 1 is 1.37 bits per heavy atom. The standard InChI is InChI=1S/C14H19NO4/c1-9(7-16)5-10(2)15-14(17)11-3-4-12-13(6-11)19-8-18-12/h3-4,6,9-10,16H,5,7-8H2,1-2H3,(H,15,17). The van der Waals surface area contributed by atoms with Crippen molar-refractivity contribution >= 4 is 5.91 Å². The topological polar surface area (TPSA) is 67.8 Å². The molecule has 0 saturated carbocycles. The third-order valence-corrected chi connectivity index (χ3v) is 3.08. The third kappa shape index (κ3) is 3.38. The highest BCUT2D eigenvalue weighted by molar-refractivity contribution is 5.95. The van der Waals surface area contributed by atoms with Crippen LogP contribution in [0.3, 0.4) is 0 Å². The summed E-state index contributed by atoms with van der Waals surface area (Å²) in [6.45, 7) is 4.20. The average Bonchev–Trinajstić information content (AvgIpc) is 2.85. The van der Waals surface area contributed by atoms with Crippen LogP contribution in [0.1, 0.15) is 30.6 Å². The van der Waals surface area contributed by atoms with Gasteiger partial charge in [0.1, 0.15) is 0 Å². The van der Waals surface area contributed by atoms with Gasteiger partial charge in [-0.1, -0.05) is 6.92 Å². The Bertz CT molecular complexity index is 461. The van der Waals surface area contributed by atoms with Crippen molar-refractivity contribution in [3.05, 3.63) is 23.8 Å². The molecule has 0 radical (unpaired) electrons. The minimum absolute atomic E-state index is 0.0140. The van der Waals surface area contributed by atoms with Gasteiger partial charge in [-0.05, 0) is 37.5 Å². The number of aliphatic hydroxyl groups excluding tert-OH is 1. The molecule has 0 saturated heterocycles. The van der Waals surface area contributed by atoms with Crippen molar-refractivity contribution in [1.82, 2.24) is 5.32 Å². The summed E-state index contributed by atoms with van der Waals surface area (Å²) in [5, 5.41) is 11.9. The van der Waals surface area contributed by atoms with E-state index >= 15 is 0 Å². The largest absolute Gasteiger partial charge is 0.454 e. The van der Waals surface area contributed by atoms with Gasteiger partial charge in [0.25, 0.3) is 5.91 Å². The van der Waals surface area contributed by atoms with Crippen LogP contribution in [0, 0.1) is 5.92 Å². The molecule has 2 N–H and O–H groups in total. The normalized spacial score (nSPS) is 15.9. The van der Waals surface area contributed by atoms with Crippen LogP contribution in [0.5, 0.6) is 11.5 Å². The Labute approximate surface area is 112 Å². The van der Waals surface area contributed by atoms with Gasteiger partial charge in [-0.3, -0.25) is 4.79 Å². The molecule has 0 aromatic heterocycles. The average molecular weight is 265 g/mol. The molecule has 104 valence electrons. The number of fused-ring (bicyclic) bond motifs is 1. The minimum atomic E-state index is -0.143. The predicted molar refractivity (Wildman–Crippen MR) is 70.4 cm³/mol. The SMILES string of the molecule is CC(CO)CC(C)NC(=O)c1ccc2c(c1)OCO2. The molecule has 0 spiro atoms. The highest BCUT2D eigenvalue weighted by Gasteiger charge is 2.17. The van der Waals surface area contributed by atoms with Crippen LogP contribution in [-0.2, 0) is 0 Å². The lowest BCUT2D eigenvalue weighted by atomic mass is 10.0. The van der Waals surface area contributed by atoms with Crippen LogP contribution >= 0.6 is 0 Å². The molecular formula is C14H19NO4. The molecule has 2 rings (SSSR count). The number of carbonyl (C=O) groups is 1. The van der Waals surface area contributed by atoms with Gasteiger partial charge in [0.2, 0.25) is 6.79 Å². The number of ether oxygens (including phenoxy) is 2. The van der Waals surface area contributed by atoms with Gasteiger partial charge in [0, 0.05) is 18.2 Å². The third-order valence-electron chi connectivity index (χ3n) is 3.08. The van der Waals surface area contributed by atoms with Crippen LogP contribution in [-0.4, -0.2) is 30.5 Å². The number of rotatable bonds is 5. The van der Waals surface area contributed by atoms with Crippen molar-refractivity contribution in [3.8, 4) is 11.5 Å². The van der Waals surface area contributed by atoms with E-state index in [1.165, 1.54) is 0 Å². The van der Waals surface area contributed by atoms with Crippen molar-refractivity contribution in [2.75, 3.05) is 13.4 Å². The van der Waals surface area contributed by atoms with E-state index in [2.05, 4.69) is 5.32 Å². The zero-order valence-electron chi connectivity index (χ0n) is 11.2. The van der Waals surface area contributed by atoms with E-state index in [4.69, 9.17) is 14.6 Å². The van der Waals surface area contributed by atoms with E-state index < -0.39 is 0 Å². The Morgan fingerprint density at radius 3 is 2.84 bits per heavy atom. The van der Waals surface area contributed by atoms with Crippen LogP contribution < -0.4 is 14.8 Å². The van der Waals surface area contributed by atoms with Crippen molar-refractivity contribution in [3.63, 3.8) is 0 Å². The van der Waals surface area contributed by atoms with Gasteiger partial charge in [0.15, 0.2) is 11.5 Å². The van der Waals surface area contributed by atoms with E-state index in [1.54, 1.807) is 18.2 Å². The van der Waals surface area contributed by atoms with Gasteiger partial charge < -0.3 is 19.9 Å². The molecule has 0 bridgehead atoms.